The first-order chi connectivity index (χ1) is 11.5. The van der Waals surface area contributed by atoms with Crippen LogP contribution in [0.15, 0.2) is 24.3 Å². The van der Waals surface area contributed by atoms with E-state index in [2.05, 4.69) is 5.32 Å². The average molecular weight is 333 g/mol. The van der Waals surface area contributed by atoms with Gasteiger partial charge in [-0.15, -0.1) is 0 Å². The molecule has 2 fully saturated rings. The maximum atomic E-state index is 13.6. The van der Waals surface area contributed by atoms with Crippen molar-refractivity contribution in [2.24, 2.45) is 0 Å². The molecule has 3 amide bonds. The van der Waals surface area contributed by atoms with Gasteiger partial charge in [-0.2, -0.15) is 0 Å². The summed E-state index contributed by atoms with van der Waals surface area (Å²) in [4.78, 5) is 39.2. The Morgan fingerprint density at radius 1 is 1.12 bits per heavy atom. The van der Waals surface area contributed by atoms with Crippen LogP contribution in [0.5, 0.6) is 0 Å². The standard InChI is InChI=1S/C17H20FN3O3/c18-13-4-2-1-3-12(13)11-16(23)20-7-9-21(10-8-20)17(24)14-5-6-15(22)19-14/h1-4,14H,5-11H2,(H,19,22)/t14-/m1/s1. The molecule has 1 N–H and O–H groups in total. The first kappa shape index (κ1) is 16.4. The van der Waals surface area contributed by atoms with Crippen molar-refractivity contribution in [3.8, 4) is 0 Å². The number of hydrogen-bond acceptors (Lipinski definition) is 3. The molecule has 0 saturated carbocycles. The van der Waals surface area contributed by atoms with E-state index in [0.29, 0.717) is 44.6 Å². The van der Waals surface area contributed by atoms with Gasteiger partial charge in [0.25, 0.3) is 0 Å². The van der Waals surface area contributed by atoms with E-state index < -0.39 is 6.04 Å². The van der Waals surface area contributed by atoms with Crippen LogP contribution in [0.2, 0.25) is 0 Å². The second-order valence-corrected chi connectivity index (χ2v) is 6.13. The maximum absolute atomic E-state index is 13.6. The molecule has 2 aliphatic heterocycles. The van der Waals surface area contributed by atoms with Gasteiger partial charge in [-0.25, -0.2) is 4.39 Å². The van der Waals surface area contributed by atoms with Crippen molar-refractivity contribution in [3.05, 3.63) is 35.6 Å². The van der Waals surface area contributed by atoms with Crippen LogP contribution in [0.4, 0.5) is 4.39 Å². The first-order valence-electron chi connectivity index (χ1n) is 8.14. The van der Waals surface area contributed by atoms with Gasteiger partial charge in [-0.3, -0.25) is 14.4 Å². The van der Waals surface area contributed by atoms with E-state index in [9.17, 15) is 18.8 Å². The van der Waals surface area contributed by atoms with E-state index in [-0.39, 0.29) is 30.0 Å². The fraction of sp³-hybridized carbons (Fsp3) is 0.471. The Bertz CT molecular complexity index is 656. The Kier molecular flexibility index (Phi) is 4.78. The summed E-state index contributed by atoms with van der Waals surface area (Å²) in [5.41, 5.74) is 0.384. The van der Waals surface area contributed by atoms with Gasteiger partial charge < -0.3 is 15.1 Å². The van der Waals surface area contributed by atoms with Crippen LogP contribution in [0, 0.1) is 5.82 Å². The lowest BCUT2D eigenvalue weighted by atomic mass is 10.1. The van der Waals surface area contributed by atoms with Crippen LogP contribution in [0.25, 0.3) is 0 Å². The third-order valence-corrected chi connectivity index (χ3v) is 4.54. The number of carbonyl (C=O) groups excluding carboxylic acids is 3. The van der Waals surface area contributed by atoms with Crippen molar-refractivity contribution in [3.63, 3.8) is 0 Å². The van der Waals surface area contributed by atoms with Crippen LogP contribution in [-0.2, 0) is 20.8 Å². The molecular weight excluding hydrogens is 313 g/mol. The zero-order valence-electron chi connectivity index (χ0n) is 13.3. The van der Waals surface area contributed by atoms with Gasteiger partial charge in [0.05, 0.1) is 6.42 Å². The molecule has 0 radical (unpaired) electrons. The molecule has 1 aromatic rings. The maximum Gasteiger partial charge on any atom is 0.245 e. The van der Waals surface area contributed by atoms with Gasteiger partial charge in [0.2, 0.25) is 17.7 Å². The lowest BCUT2D eigenvalue weighted by Crippen LogP contribution is -2.54. The average Bonchev–Trinajstić information content (AvgIpc) is 3.03. The number of nitrogens with one attached hydrogen (secondary N) is 1. The van der Waals surface area contributed by atoms with Gasteiger partial charge in [0.15, 0.2) is 0 Å². The minimum atomic E-state index is -0.432. The zero-order valence-corrected chi connectivity index (χ0v) is 13.3. The molecule has 2 aliphatic rings. The first-order valence-corrected chi connectivity index (χ1v) is 8.14. The van der Waals surface area contributed by atoms with E-state index in [1.165, 1.54) is 6.07 Å². The third kappa shape index (κ3) is 3.55. The molecule has 6 nitrogen and oxygen atoms in total. The van der Waals surface area contributed by atoms with Gasteiger partial charge >= 0.3 is 0 Å². The highest BCUT2D eigenvalue weighted by Gasteiger charge is 2.33. The third-order valence-electron chi connectivity index (χ3n) is 4.54. The molecule has 128 valence electrons. The van der Waals surface area contributed by atoms with Gasteiger partial charge in [-0.1, -0.05) is 18.2 Å². The van der Waals surface area contributed by atoms with E-state index in [0.717, 1.165) is 0 Å². The number of piperazine rings is 1. The molecule has 3 rings (SSSR count). The number of benzene rings is 1. The molecule has 1 aromatic carbocycles. The Balaban J connectivity index is 1.51. The van der Waals surface area contributed by atoms with Gasteiger partial charge in [-0.05, 0) is 18.1 Å². The normalized spacial score (nSPS) is 20.9. The molecule has 0 aliphatic carbocycles. The summed E-state index contributed by atoms with van der Waals surface area (Å²) in [5, 5.41) is 2.67. The van der Waals surface area contributed by atoms with E-state index in [1.54, 1.807) is 28.0 Å². The topological polar surface area (TPSA) is 69.7 Å². The summed E-state index contributed by atoms with van der Waals surface area (Å²) in [6.07, 6.45) is 0.945. The predicted octanol–water partition coefficient (Wildman–Crippen LogP) is 0.318. The molecule has 0 bridgehead atoms. The smallest absolute Gasteiger partial charge is 0.245 e. The molecule has 24 heavy (non-hydrogen) atoms. The fourth-order valence-electron chi connectivity index (χ4n) is 3.11. The number of carbonyl (C=O) groups is 3. The summed E-state index contributed by atoms with van der Waals surface area (Å²) in [6, 6.07) is 5.82. The van der Waals surface area contributed by atoms with Crippen molar-refractivity contribution in [2.45, 2.75) is 25.3 Å². The quantitative estimate of drug-likeness (QED) is 0.866. The number of hydrogen-bond donors (Lipinski definition) is 1. The second kappa shape index (κ2) is 6.98. The van der Waals surface area contributed by atoms with Gasteiger partial charge in [0.1, 0.15) is 11.9 Å². The highest BCUT2D eigenvalue weighted by atomic mass is 19.1. The molecule has 0 unspecified atom stereocenters. The van der Waals surface area contributed by atoms with Gasteiger partial charge in [0, 0.05) is 32.6 Å². The predicted molar refractivity (Wildman–Crippen MR) is 84.4 cm³/mol. The van der Waals surface area contributed by atoms with Crippen LogP contribution in [0.3, 0.4) is 0 Å². The summed E-state index contributed by atoms with van der Waals surface area (Å²) in [7, 11) is 0. The number of rotatable bonds is 3. The lowest BCUT2D eigenvalue weighted by Gasteiger charge is -2.36. The monoisotopic (exact) mass is 333 g/mol. The highest BCUT2D eigenvalue weighted by Crippen LogP contribution is 2.14. The van der Waals surface area contributed by atoms with Crippen molar-refractivity contribution in [1.82, 2.24) is 15.1 Å². The Labute approximate surface area is 139 Å². The molecular formula is C17H20FN3O3. The molecule has 7 heteroatoms. The van der Waals surface area contributed by atoms with Crippen LogP contribution < -0.4 is 5.32 Å². The van der Waals surface area contributed by atoms with E-state index in [1.807, 2.05) is 0 Å². The zero-order chi connectivity index (χ0) is 17.1. The Morgan fingerprint density at radius 2 is 1.79 bits per heavy atom. The second-order valence-electron chi connectivity index (χ2n) is 6.13. The van der Waals surface area contributed by atoms with Crippen molar-refractivity contribution >= 4 is 17.7 Å². The fourth-order valence-corrected chi connectivity index (χ4v) is 3.11. The molecule has 2 saturated heterocycles. The molecule has 2 heterocycles. The summed E-state index contributed by atoms with van der Waals surface area (Å²) in [5.74, 6) is -0.688. The lowest BCUT2D eigenvalue weighted by molar-refractivity contribution is -0.140. The van der Waals surface area contributed by atoms with Crippen molar-refractivity contribution in [2.75, 3.05) is 26.2 Å². The van der Waals surface area contributed by atoms with Crippen molar-refractivity contribution < 1.29 is 18.8 Å². The molecule has 0 spiro atoms. The Morgan fingerprint density at radius 3 is 2.42 bits per heavy atom. The SMILES string of the molecule is O=C1CC[C@H](C(=O)N2CCN(C(=O)Cc3ccccc3F)CC2)N1. The van der Waals surface area contributed by atoms with Crippen molar-refractivity contribution in [1.29, 1.82) is 0 Å². The molecule has 0 aromatic heterocycles. The molecule has 1 atom stereocenters. The summed E-state index contributed by atoms with van der Waals surface area (Å²) < 4.78 is 13.6. The Hall–Kier alpha value is -2.44. The van der Waals surface area contributed by atoms with Crippen LogP contribution in [0.1, 0.15) is 18.4 Å². The minimum Gasteiger partial charge on any atom is -0.344 e. The largest absolute Gasteiger partial charge is 0.344 e. The number of halogens is 1. The number of nitrogens with zero attached hydrogens (tertiary/aromatic N) is 2. The minimum absolute atomic E-state index is 0.0271. The summed E-state index contributed by atoms with van der Waals surface area (Å²) >= 11 is 0. The van der Waals surface area contributed by atoms with Crippen LogP contribution >= 0.6 is 0 Å². The van der Waals surface area contributed by atoms with Crippen LogP contribution in [-0.4, -0.2) is 59.7 Å². The number of amides is 3. The van der Waals surface area contributed by atoms with E-state index in [4.69, 9.17) is 0 Å². The summed E-state index contributed by atoms with van der Waals surface area (Å²) in [6.45, 7) is 1.74. The highest BCUT2D eigenvalue weighted by molar-refractivity contribution is 5.91. The van der Waals surface area contributed by atoms with E-state index >= 15 is 0 Å².